The van der Waals surface area contributed by atoms with E-state index in [-0.39, 0.29) is 11.9 Å². The third-order valence-corrected chi connectivity index (χ3v) is 4.31. The Bertz CT molecular complexity index is 829. The number of amides is 1. The molecule has 1 heterocycles. The van der Waals surface area contributed by atoms with E-state index >= 15 is 0 Å². The molecule has 0 radical (unpaired) electrons. The zero-order valence-electron chi connectivity index (χ0n) is 15.3. The first kappa shape index (κ1) is 18.0. The van der Waals surface area contributed by atoms with Crippen LogP contribution in [0.15, 0.2) is 42.5 Å². The van der Waals surface area contributed by atoms with Crippen LogP contribution in [0.4, 0.5) is 5.69 Å². The lowest BCUT2D eigenvalue weighted by atomic mass is 10.1. The van der Waals surface area contributed by atoms with Crippen LogP contribution in [0.1, 0.15) is 40.1 Å². The molecule has 0 spiro atoms. The highest BCUT2D eigenvalue weighted by atomic mass is 16.5. The van der Waals surface area contributed by atoms with E-state index in [1.54, 1.807) is 29.2 Å². The van der Waals surface area contributed by atoms with Crippen LogP contribution in [0.5, 0.6) is 5.75 Å². The van der Waals surface area contributed by atoms with Crippen molar-refractivity contribution in [3.63, 3.8) is 0 Å². The number of carbonyl (C=O) groups is 2. The second-order valence-electron chi connectivity index (χ2n) is 6.77. The van der Waals surface area contributed by atoms with Gasteiger partial charge in [-0.2, -0.15) is 0 Å². The number of rotatable bonds is 5. The number of nitrogens with zero attached hydrogens (tertiary/aromatic N) is 1. The van der Waals surface area contributed by atoms with Crippen molar-refractivity contribution in [2.45, 2.75) is 20.3 Å². The van der Waals surface area contributed by atoms with Gasteiger partial charge in [-0.05, 0) is 54.3 Å². The molecule has 5 nitrogen and oxygen atoms in total. The van der Waals surface area contributed by atoms with Gasteiger partial charge >= 0.3 is 5.97 Å². The predicted molar refractivity (Wildman–Crippen MR) is 99.9 cm³/mol. The van der Waals surface area contributed by atoms with Gasteiger partial charge < -0.3 is 14.4 Å². The summed E-state index contributed by atoms with van der Waals surface area (Å²) in [4.78, 5) is 26.4. The van der Waals surface area contributed by atoms with Crippen LogP contribution in [0.2, 0.25) is 0 Å². The topological polar surface area (TPSA) is 55.8 Å². The lowest BCUT2D eigenvalue weighted by Gasteiger charge is -2.18. The Hall–Kier alpha value is -2.82. The molecule has 1 aliphatic heterocycles. The second-order valence-corrected chi connectivity index (χ2v) is 6.77. The Morgan fingerprint density at radius 1 is 1.12 bits per heavy atom. The van der Waals surface area contributed by atoms with Gasteiger partial charge in [0.05, 0.1) is 19.3 Å². The van der Waals surface area contributed by atoms with Crippen molar-refractivity contribution in [2.75, 3.05) is 25.2 Å². The van der Waals surface area contributed by atoms with Gasteiger partial charge in [-0.3, -0.25) is 4.79 Å². The highest BCUT2D eigenvalue weighted by Gasteiger charge is 2.26. The predicted octanol–water partition coefficient (Wildman–Crippen LogP) is 3.71. The van der Waals surface area contributed by atoms with Crippen LogP contribution >= 0.6 is 0 Å². The van der Waals surface area contributed by atoms with Gasteiger partial charge in [-0.15, -0.1) is 0 Å². The molecule has 0 fully saturated rings. The number of esters is 1. The molecular formula is C21H23NO4. The molecule has 0 aliphatic carbocycles. The maximum Gasteiger partial charge on any atom is 0.337 e. The number of carbonyl (C=O) groups excluding carboxylic acids is 2. The number of hydrogen-bond acceptors (Lipinski definition) is 4. The summed E-state index contributed by atoms with van der Waals surface area (Å²) in [6.45, 7) is 5.37. The van der Waals surface area contributed by atoms with Crippen LogP contribution in [0, 0.1) is 5.92 Å². The van der Waals surface area contributed by atoms with Gasteiger partial charge in [0.15, 0.2) is 0 Å². The van der Waals surface area contributed by atoms with Gasteiger partial charge in [0.25, 0.3) is 5.91 Å². The molecule has 1 aliphatic rings. The minimum Gasteiger partial charge on any atom is -0.493 e. The molecule has 0 bridgehead atoms. The summed E-state index contributed by atoms with van der Waals surface area (Å²) in [6.07, 6.45) is 0.718. The normalized spacial score (nSPS) is 12.8. The lowest BCUT2D eigenvalue weighted by molar-refractivity contribution is 0.0600. The third-order valence-electron chi connectivity index (χ3n) is 4.31. The maximum atomic E-state index is 13.0. The van der Waals surface area contributed by atoms with Crippen molar-refractivity contribution >= 4 is 17.6 Å². The highest BCUT2D eigenvalue weighted by molar-refractivity contribution is 6.07. The van der Waals surface area contributed by atoms with Crippen molar-refractivity contribution in [2.24, 2.45) is 5.92 Å². The molecule has 3 rings (SSSR count). The molecular weight excluding hydrogens is 330 g/mol. The first-order valence-corrected chi connectivity index (χ1v) is 8.75. The molecule has 0 aromatic heterocycles. The molecule has 0 N–H and O–H groups in total. The van der Waals surface area contributed by atoms with E-state index in [2.05, 4.69) is 13.8 Å². The van der Waals surface area contributed by atoms with Crippen LogP contribution in [-0.4, -0.2) is 32.1 Å². The largest absolute Gasteiger partial charge is 0.493 e. The highest BCUT2D eigenvalue weighted by Crippen LogP contribution is 2.31. The quantitative estimate of drug-likeness (QED) is 0.769. The minimum atomic E-state index is -0.368. The fourth-order valence-corrected chi connectivity index (χ4v) is 3.00. The average molecular weight is 353 g/mol. The average Bonchev–Trinajstić information content (AvgIpc) is 3.08. The minimum absolute atomic E-state index is 0.0652. The van der Waals surface area contributed by atoms with Crippen LogP contribution in [0.25, 0.3) is 0 Å². The molecule has 0 atom stereocenters. The molecule has 1 amide bonds. The van der Waals surface area contributed by atoms with E-state index in [1.165, 1.54) is 7.11 Å². The van der Waals surface area contributed by atoms with Crippen LogP contribution in [0.3, 0.4) is 0 Å². The Morgan fingerprint density at radius 3 is 2.65 bits per heavy atom. The van der Waals surface area contributed by atoms with E-state index in [0.29, 0.717) is 35.9 Å². The molecule has 2 aromatic carbocycles. The Labute approximate surface area is 153 Å². The molecule has 0 saturated heterocycles. The smallest absolute Gasteiger partial charge is 0.337 e. The Morgan fingerprint density at radius 2 is 1.92 bits per heavy atom. The van der Waals surface area contributed by atoms with Gasteiger partial charge in [0.2, 0.25) is 0 Å². The van der Waals surface area contributed by atoms with Crippen molar-refractivity contribution in [1.29, 1.82) is 0 Å². The SMILES string of the molecule is COC(=O)c1ccc2c(c1)CCN2C(=O)c1cccc(OCC(C)C)c1. The standard InChI is InChI=1S/C21H23NO4/c1-14(2)13-26-18-6-4-5-16(12-18)20(23)22-10-9-15-11-17(21(24)25-3)7-8-19(15)22/h4-8,11-12,14H,9-10,13H2,1-3H3. The van der Waals surface area contributed by atoms with Gasteiger partial charge in [-0.1, -0.05) is 19.9 Å². The van der Waals surface area contributed by atoms with Crippen molar-refractivity contribution in [1.82, 2.24) is 0 Å². The number of hydrogen-bond donors (Lipinski definition) is 0. The van der Waals surface area contributed by atoms with Crippen LogP contribution < -0.4 is 9.64 Å². The molecule has 0 unspecified atom stereocenters. The van der Waals surface area contributed by atoms with E-state index < -0.39 is 0 Å². The molecule has 5 heteroatoms. The van der Waals surface area contributed by atoms with Gasteiger partial charge in [0, 0.05) is 17.8 Å². The second kappa shape index (κ2) is 7.60. The zero-order chi connectivity index (χ0) is 18.7. The maximum absolute atomic E-state index is 13.0. The summed E-state index contributed by atoms with van der Waals surface area (Å²) in [6, 6.07) is 12.6. The summed E-state index contributed by atoms with van der Waals surface area (Å²) < 4.78 is 10.5. The number of methoxy groups -OCH3 is 1. The molecule has 0 saturated carbocycles. The number of ether oxygens (including phenoxy) is 2. The number of anilines is 1. The fourth-order valence-electron chi connectivity index (χ4n) is 3.00. The van der Waals surface area contributed by atoms with Gasteiger partial charge in [-0.25, -0.2) is 4.79 Å². The first-order chi connectivity index (χ1) is 12.5. The van der Waals surface area contributed by atoms with E-state index in [0.717, 1.165) is 17.7 Å². The molecule has 136 valence electrons. The van der Waals surface area contributed by atoms with Crippen molar-refractivity contribution in [3.8, 4) is 5.75 Å². The van der Waals surface area contributed by atoms with Gasteiger partial charge in [0.1, 0.15) is 5.75 Å². The number of fused-ring (bicyclic) bond motifs is 1. The number of benzene rings is 2. The van der Waals surface area contributed by atoms with Crippen molar-refractivity contribution in [3.05, 3.63) is 59.2 Å². The first-order valence-electron chi connectivity index (χ1n) is 8.75. The summed E-state index contributed by atoms with van der Waals surface area (Å²) in [5.74, 6) is 0.686. The van der Waals surface area contributed by atoms with E-state index in [9.17, 15) is 9.59 Å². The fraction of sp³-hybridized carbons (Fsp3) is 0.333. The van der Waals surface area contributed by atoms with Crippen molar-refractivity contribution < 1.29 is 19.1 Å². The molecule has 26 heavy (non-hydrogen) atoms. The monoisotopic (exact) mass is 353 g/mol. The molecule has 2 aromatic rings. The Kier molecular flexibility index (Phi) is 5.26. The third kappa shape index (κ3) is 3.72. The van der Waals surface area contributed by atoms with E-state index in [1.807, 2.05) is 18.2 Å². The van der Waals surface area contributed by atoms with E-state index in [4.69, 9.17) is 9.47 Å². The summed E-state index contributed by atoms with van der Waals surface area (Å²) >= 11 is 0. The van der Waals surface area contributed by atoms with Crippen LogP contribution in [-0.2, 0) is 11.2 Å². The summed E-state index contributed by atoms with van der Waals surface area (Å²) in [7, 11) is 1.36. The Balaban J connectivity index is 1.80. The lowest BCUT2D eigenvalue weighted by Crippen LogP contribution is -2.28. The summed E-state index contributed by atoms with van der Waals surface area (Å²) in [5.41, 5.74) is 2.92. The zero-order valence-corrected chi connectivity index (χ0v) is 15.3. The summed E-state index contributed by atoms with van der Waals surface area (Å²) in [5, 5.41) is 0.